The maximum absolute atomic E-state index is 11.8. The van der Waals surface area contributed by atoms with Crippen LogP contribution in [0.15, 0.2) is 12.2 Å². The van der Waals surface area contributed by atoms with E-state index in [-0.39, 0.29) is 18.6 Å². The molecule has 0 aromatic rings. The van der Waals surface area contributed by atoms with Crippen molar-refractivity contribution in [2.75, 3.05) is 6.54 Å². The van der Waals surface area contributed by atoms with Crippen LogP contribution in [0.1, 0.15) is 129 Å². The van der Waals surface area contributed by atoms with Crippen molar-refractivity contribution < 1.29 is 14.3 Å². The van der Waals surface area contributed by atoms with E-state index in [1.165, 1.54) is 89.9 Å². The van der Waals surface area contributed by atoms with E-state index in [2.05, 4.69) is 31.3 Å². The van der Waals surface area contributed by atoms with E-state index in [1.54, 1.807) is 0 Å². The number of nitrogens with one attached hydrogen (secondary N) is 1. The zero-order valence-corrected chi connectivity index (χ0v) is 20.0. The van der Waals surface area contributed by atoms with Crippen molar-refractivity contribution in [3.05, 3.63) is 12.2 Å². The van der Waals surface area contributed by atoms with Crippen LogP contribution < -0.4 is 5.32 Å². The molecule has 0 aromatic carbocycles. The van der Waals surface area contributed by atoms with E-state index >= 15 is 0 Å². The number of hydrogen-bond acceptors (Lipinski definition) is 3. The van der Waals surface area contributed by atoms with Crippen molar-refractivity contribution in [3.8, 4) is 0 Å². The summed E-state index contributed by atoms with van der Waals surface area (Å²) < 4.78 is 5.55. The minimum absolute atomic E-state index is 0.0435. The molecule has 0 saturated carbocycles. The summed E-state index contributed by atoms with van der Waals surface area (Å²) in [4.78, 5) is 22.2. The van der Waals surface area contributed by atoms with E-state index in [9.17, 15) is 9.59 Å². The largest absolute Gasteiger partial charge is 0.461 e. The molecule has 0 rings (SSSR count). The third kappa shape index (κ3) is 21.4. The predicted molar refractivity (Wildman–Crippen MR) is 128 cm³/mol. The standard InChI is InChI=1S/C26H49NO3/c1-3-5-7-9-10-11-12-13-14-15-16-18-20-22-25(21-19-17-8-6-4-2)30-26(29)23-27-24-28/h18,20,24-25H,3-17,19,21-23H2,1-2H3,(H,27,28)/b20-18+/t25-/m0/s1. The molecule has 1 N–H and O–H groups in total. The van der Waals surface area contributed by atoms with Gasteiger partial charge in [-0.1, -0.05) is 109 Å². The number of allylic oxidation sites excluding steroid dienone is 1. The van der Waals surface area contributed by atoms with Crippen LogP contribution in [0.4, 0.5) is 0 Å². The molecule has 0 unspecified atom stereocenters. The monoisotopic (exact) mass is 423 g/mol. The molecule has 176 valence electrons. The average Bonchev–Trinajstić information content (AvgIpc) is 2.75. The maximum atomic E-state index is 11.8. The zero-order chi connectivity index (χ0) is 22.1. The quantitative estimate of drug-likeness (QED) is 0.0814. The Kier molecular flexibility index (Phi) is 22.9. The lowest BCUT2D eigenvalue weighted by atomic mass is 10.0. The van der Waals surface area contributed by atoms with Crippen molar-refractivity contribution in [3.63, 3.8) is 0 Å². The molecule has 0 bridgehead atoms. The molecular weight excluding hydrogens is 374 g/mol. The van der Waals surface area contributed by atoms with Crippen LogP contribution in [0, 0.1) is 0 Å². The van der Waals surface area contributed by atoms with Gasteiger partial charge in [-0.2, -0.15) is 0 Å². The fourth-order valence-electron chi connectivity index (χ4n) is 3.67. The fraction of sp³-hybridized carbons (Fsp3) is 0.846. The molecule has 0 aliphatic rings. The van der Waals surface area contributed by atoms with E-state index < -0.39 is 0 Å². The maximum Gasteiger partial charge on any atom is 0.325 e. The topological polar surface area (TPSA) is 55.4 Å². The lowest BCUT2D eigenvalue weighted by molar-refractivity contribution is -0.148. The summed E-state index contributed by atoms with van der Waals surface area (Å²) in [5.74, 6) is -0.344. The molecule has 30 heavy (non-hydrogen) atoms. The Morgan fingerprint density at radius 3 is 1.87 bits per heavy atom. The minimum Gasteiger partial charge on any atom is -0.461 e. The van der Waals surface area contributed by atoms with Gasteiger partial charge in [0.1, 0.15) is 12.6 Å². The van der Waals surface area contributed by atoms with Crippen LogP contribution in [0.3, 0.4) is 0 Å². The summed E-state index contributed by atoms with van der Waals surface area (Å²) in [7, 11) is 0. The molecule has 0 aliphatic heterocycles. The second-order valence-corrected chi connectivity index (χ2v) is 8.49. The highest BCUT2D eigenvalue weighted by Crippen LogP contribution is 2.14. The van der Waals surface area contributed by atoms with E-state index in [0.717, 1.165) is 25.7 Å². The SMILES string of the molecule is CCCCCCCCCCCC/C=C/C[C@H](CCCCCCC)OC(=O)CNC=O. The molecule has 0 heterocycles. The second-order valence-electron chi connectivity index (χ2n) is 8.49. The molecular formula is C26H49NO3. The van der Waals surface area contributed by atoms with Gasteiger partial charge in [-0.05, 0) is 25.7 Å². The third-order valence-electron chi connectivity index (χ3n) is 5.55. The number of unbranched alkanes of at least 4 members (excludes halogenated alkanes) is 14. The van der Waals surface area contributed by atoms with Crippen molar-refractivity contribution in [1.82, 2.24) is 5.32 Å². The number of carbonyl (C=O) groups is 2. The third-order valence-corrected chi connectivity index (χ3v) is 5.55. The Bertz CT molecular complexity index is 409. The highest BCUT2D eigenvalue weighted by molar-refractivity contribution is 5.74. The summed E-state index contributed by atoms with van der Waals surface area (Å²) in [6, 6.07) is 0. The molecule has 4 nitrogen and oxygen atoms in total. The number of esters is 1. The highest BCUT2D eigenvalue weighted by atomic mass is 16.5. The number of amides is 1. The molecule has 0 spiro atoms. The Labute approximate surface area is 186 Å². The first-order valence-electron chi connectivity index (χ1n) is 12.8. The summed E-state index contributed by atoms with van der Waals surface area (Å²) in [5, 5.41) is 2.38. The molecule has 0 radical (unpaired) electrons. The Hall–Kier alpha value is -1.32. The van der Waals surface area contributed by atoms with Crippen molar-refractivity contribution in [1.29, 1.82) is 0 Å². The zero-order valence-electron chi connectivity index (χ0n) is 20.0. The molecule has 1 atom stereocenters. The second kappa shape index (κ2) is 24.0. The lowest BCUT2D eigenvalue weighted by Crippen LogP contribution is -2.27. The van der Waals surface area contributed by atoms with Gasteiger partial charge in [-0.15, -0.1) is 0 Å². The number of hydrogen-bond donors (Lipinski definition) is 1. The van der Waals surface area contributed by atoms with Crippen molar-refractivity contribution >= 4 is 12.4 Å². The molecule has 0 aliphatic carbocycles. The van der Waals surface area contributed by atoms with Crippen LogP contribution in [0.25, 0.3) is 0 Å². The van der Waals surface area contributed by atoms with E-state index in [0.29, 0.717) is 6.41 Å². The number of carbonyl (C=O) groups excluding carboxylic acids is 2. The van der Waals surface area contributed by atoms with Crippen molar-refractivity contribution in [2.45, 2.75) is 136 Å². The summed E-state index contributed by atoms with van der Waals surface area (Å²) in [5.41, 5.74) is 0. The van der Waals surface area contributed by atoms with Gasteiger partial charge < -0.3 is 10.1 Å². The van der Waals surface area contributed by atoms with Gasteiger partial charge in [-0.3, -0.25) is 9.59 Å². The molecule has 0 aromatic heterocycles. The van der Waals surface area contributed by atoms with Crippen LogP contribution in [-0.2, 0) is 14.3 Å². The Morgan fingerprint density at radius 2 is 1.30 bits per heavy atom. The Morgan fingerprint density at radius 1 is 0.767 bits per heavy atom. The fourth-order valence-corrected chi connectivity index (χ4v) is 3.67. The van der Waals surface area contributed by atoms with E-state index in [1.807, 2.05) is 0 Å². The molecule has 1 amide bonds. The number of ether oxygens (including phenoxy) is 1. The van der Waals surface area contributed by atoms with Gasteiger partial charge in [0, 0.05) is 6.42 Å². The van der Waals surface area contributed by atoms with Crippen LogP contribution in [0.2, 0.25) is 0 Å². The molecule has 0 fully saturated rings. The van der Waals surface area contributed by atoms with Gasteiger partial charge in [0.15, 0.2) is 0 Å². The summed E-state index contributed by atoms with van der Waals surface area (Å²) in [6.07, 6.45) is 27.3. The minimum atomic E-state index is -0.344. The van der Waals surface area contributed by atoms with Gasteiger partial charge in [-0.25, -0.2) is 0 Å². The molecule has 0 saturated heterocycles. The van der Waals surface area contributed by atoms with Gasteiger partial charge in [0.05, 0.1) is 0 Å². The predicted octanol–water partition coefficient (Wildman–Crippen LogP) is 7.26. The summed E-state index contributed by atoms with van der Waals surface area (Å²) in [6.45, 7) is 4.44. The van der Waals surface area contributed by atoms with Crippen LogP contribution in [0.5, 0.6) is 0 Å². The Balaban J connectivity index is 3.86. The number of rotatable bonds is 23. The van der Waals surface area contributed by atoms with Gasteiger partial charge in [0.2, 0.25) is 6.41 Å². The normalized spacial score (nSPS) is 12.2. The highest BCUT2D eigenvalue weighted by Gasteiger charge is 2.12. The first-order valence-corrected chi connectivity index (χ1v) is 12.8. The van der Waals surface area contributed by atoms with Gasteiger partial charge >= 0.3 is 5.97 Å². The van der Waals surface area contributed by atoms with Gasteiger partial charge in [0.25, 0.3) is 0 Å². The lowest BCUT2D eigenvalue weighted by Gasteiger charge is -2.16. The summed E-state index contributed by atoms with van der Waals surface area (Å²) >= 11 is 0. The van der Waals surface area contributed by atoms with Crippen LogP contribution >= 0.6 is 0 Å². The van der Waals surface area contributed by atoms with E-state index in [4.69, 9.17) is 4.74 Å². The van der Waals surface area contributed by atoms with Crippen LogP contribution in [-0.4, -0.2) is 25.0 Å². The molecule has 4 heteroatoms. The first-order chi connectivity index (χ1) is 14.7. The average molecular weight is 424 g/mol. The smallest absolute Gasteiger partial charge is 0.325 e. The first kappa shape index (κ1) is 28.7. The van der Waals surface area contributed by atoms with Crippen molar-refractivity contribution in [2.24, 2.45) is 0 Å².